The van der Waals surface area contributed by atoms with Gasteiger partial charge in [0.15, 0.2) is 5.78 Å². The van der Waals surface area contributed by atoms with Crippen LogP contribution in [-0.2, 0) is 17.6 Å². The Bertz CT molecular complexity index is 875. The maximum atomic E-state index is 13.1. The summed E-state index contributed by atoms with van der Waals surface area (Å²) in [5.74, 6) is 0.130. The Morgan fingerprint density at radius 2 is 1.84 bits per heavy atom. The van der Waals surface area contributed by atoms with E-state index in [1.54, 1.807) is 13.0 Å². The summed E-state index contributed by atoms with van der Waals surface area (Å²) in [4.78, 5) is 31.4. The van der Waals surface area contributed by atoms with Crippen molar-refractivity contribution in [2.24, 2.45) is 5.92 Å². The van der Waals surface area contributed by atoms with Crippen molar-refractivity contribution in [1.29, 1.82) is 0 Å². The standard InChI is InChI=1S/C26H36N2O2.C2H6/c1-7-8-9-10-18(2)26(28(5)6)19(3)25(30)17-21-11-13-22-14-16-23(20(4)29)27-24(22)15-12-21;1-2/h7-8,11,14,16,19H,9-10,12-13,15,17H2,1-6H3;1-2H3/b8-7-,26-18?;. The molecule has 0 radical (unpaired) electrons. The van der Waals surface area contributed by atoms with Gasteiger partial charge in [-0.15, -0.1) is 0 Å². The van der Waals surface area contributed by atoms with E-state index in [0.717, 1.165) is 49.1 Å². The predicted molar refractivity (Wildman–Crippen MR) is 135 cm³/mol. The first-order valence-electron chi connectivity index (χ1n) is 11.9. The fraction of sp³-hybridized carbons (Fsp3) is 0.536. The van der Waals surface area contributed by atoms with Gasteiger partial charge in [-0.2, -0.15) is 0 Å². The summed E-state index contributed by atoms with van der Waals surface area (Å²) in [6.45, 7) is 11.8. The van der Waals surface area contributed by atoms with Crippen molar-refractivity contribution >= 4 is 11.6 Å². The number of hydrogen-bond donors (Lipinski definition) is 0. The first-order valence-corrected chi connectivity index (χ1v) is 11.9. The van der Waals surface area contributed by atoms with Crippen LogP contribution in [0.1, 0.15) is 89.0 Å². The molecular weight excluding hydrogens is 396 g/mol. The molecule has 0 fully saturated rings. The van der Waals surface area contributed by atoms with E-state index >= 15 is 0 Å². The van der Waals surface area contributed by atoms with Crippen LogP contribution in [0.3, 0.4) is 0 Å². The third-order valence-corrected chi connectivity index (χ3v) is 5.86. The van der Waals surface area contributed by atoms with Gasteiger partial charge in [-0.1, -0.05) is 49.3 Å². The highest BCUT2D eigenvalue weighted by Crippen LogP contribution is 2.27. The molecule has 0 aromatic carbocycles. The second kappa shape index (κ2) is 13.8. The van der Waals surface area contributed by atoms with Crippen LogP contribution in [0.2, 0.25) is 0 Å². The highest BCUT2D eigenvalue weighted by Gasteiger charge is 2.23. The number of Topliss-reactive ketones (excluding diaryl/α,β-unsaturated/α-hetero) is 2. The third kappa shape index (κ3) is 7.89. The van der Waals surface area contributed by atoms with Crippen LogP contribution in [0.25, 0.3) is 0 Å². The molecule has 2 rings (SSSR count). The average molecular weight is 439 g/mol. The largest absolute Gasteiger partial charge is 0.380 e. The number of fused-ring (bicyclic) bond motifs is 1. The van der Waals surface area contributed by atoms with Crippen LogP contribution in [0.4, 0.5) is 0 Å². The molecule has 1 heterocycles. The van der Waals surface area contributed by atoms with Gasteiger partial charge in [0.05, 0.1) is 5.92 Å². The Hall–Kier alpha value is -2.49. The molecule has 0 bridgehead atoms. The Kier molecular flexibility index (Phi) is 11.9. The molecular formula is C28H42N2O2. The molecule has 0 aliphatic heterocycles. The molecule has 0 spiro atoms. The maximum Gasteiger partial charge on any atom is 0.178 e. The molecule has 1 atom stereocenters. The smallest absolute Gasteiger partial charge is 0.178 e. The minimum absolute atomic E-state index is 0.00738. The van der Waals surface area contributed by atoms with E-state index in [2.05, 4.69) is 35.0 Å². The van der Waals surface area contributed by atoms with Crippen LogP contribution in [0, 0.1) is 5.92 Å². The van der Waals surface area contributed by atoms with Crippen molar-refractivity contribution in [3.8, 4) is 0 Å². The lowest BCUT2D eigenvalue weighted by atomic mass is 9.91. The number of carbonyl (C=O) groups excluding carboxylic acids is 2. The third-order valence-electron chi connectivity index (χ3n) is 5.86. The number of hydrogen-bond acceptors (Lipinski definition) is 4. The highest BCUT2D eigenvalue weighted by atomic mass is 16.1. The SMILES string of the molecule is C/C=C\CCC(C)=C(C(C)C(=O)CC1=CCc2ccc(C(C)=O)nc2CC1)N(C)C.CC. The molecule has 0 saturated carbocycles. The van der Waals surface area contributed by atoms with Gasteiger partial charge in [-0.05, 0) is 64.5 Å². The summed E-state index contributed by atoms with van der Waals surface area (Å²) >= 11 is 0. The lowest BCUT2D eigenvalue weighted by Gasteiger charge is -2.26. The molecule has 1 aliphatic carbocycles. The summed E-state index contributed by atoms with van der Waals surface area (Å²) in [6, 6.07) is 3.81. The van der Waals surface area contributed by atoms with E-state index in [0.29, 0.717) is 12.1 Å². The maximum absolute atomic E-state index is 13.1. The monoisotopic (exact) mass is 438 g/mol. The molecule has 32 heavy (non-hydrogen) atoms. The number of pyridine rings is 1. The van der Waals surface area contributed by atoms with E-state index < -0.39 is 0 Å². The minimum Gasteiger partial charge on any atom is -0.380 e. The summed E-state index contributed by atoms with van der Waals surface area (Å²) in [5, 5.41) is 0. The number of allylic oxidation sites excluding steroid dienone is 6. The first-order chi connectivity index (χ1) is 15.2. The number of aryl methyl sites for hydroxylation is 1. The van der Waals surface area contributed by atoms with E-state index in [4.69, 9.17) is 0 Å². The summed E-state index contributed by atoms with van der Waals surface area (Å²) in [5.41, 5.74) is 6.26. The van der Waals surface area contributed by atoms with Gasteiger partial charge in [-0.3, -0.25) is 9.59 Å². The Morgan fingerprint density at radius 1 is 1.16 bits per heavy atom. The van der Waals surface area contributed by atoms with Gasteiger partial charge in [0.2, 0.25) is 0 Å². The molecule has 0 amide bonds. The van der Waals surface area contributed by atoms with Crippen molar-refractivity contribution in [2.45, 2.75) is 80.1 Å². The van der Waals surface area contributed by atoms with Crippen molar-refractivity contribution in [3.05, 3.63) is 64.2 Å². The normalized spacial score (nSPS) is 14.9. The topological polar surface area (TPSA) is 50.3 Å². The van der Waals surface area contributed by atoms with Crippen molar-refractivity contribution in [1.82, 2.24) is 9.88 Å². The van der Waals surface area contributed by atoms with Gasteiger partial charge < -0.3 is 4.90 Å². The van der Waals surface area contributed by atoms with Gasteiger partial charge in [0.25, 0.3) is 0 Å². The number of rotatable bonds is 9. The van der Waals surface area contributed by atoms with E-state index in [1.165, 1.54) is 11.1 Å². The highest BCUT2D eigenvalue weighted by molar-refractivity contribution is 5.92. The molecule has 0 N–H and O–H groups in total. The molecule has 1 aromatic rings. The van der Waals surface area contributed by atoms with Gasteiger partial charge in [-0.25, -0.2) is 4.98 Å². The number of aromatic nitrogens is 1. The molecule has 0 saturated heterocycles. The second-order valence-electron chi connectivity index (χ2n) is 8.46. The van der Waals surface area contributed by atoms with Gasteiger partial charge in [0, 0.05) is 38.8 Å². The van der Waals surface area contributed by atoms with Gasteiger partial charge >= 0.3 is 0 Å². The summed E-state index contributed by atoms with van der Waals surface area (Å²) < 4.78 is 0. The van der Waals surface area contributed by atoms with Crippen molar-refractivity contribution in [3.63, 3.8) is 0 Å². The van der Waals surface area contributed by atoms with Crippen LogP contribution < -0.4 is 0 Å². The molecule has 1 aliphatic rings. The predicted octanol–water partition coefficient (Wildman–Crippen LogP) is 6.51. The second-order valence-corrected chi connectivity index (χ2v) is 8.46. The van der Waals surface area contributed by atoms with Crippen molar-refractivity contribution < 1.29 is 9.59 Å². The molecule has 176 valence electrons. The van der Waals surface area contributed by atoms with Crippen LogP contribution in [0.15, 0.2) is 47.2 Å². The fourth-order valence-electron chi connectivity index (χ4n) is 4.19. The van der Waals surface area contributed by atoms with Gasteiger partial charge in [0.1, 0.15) is 11.5 Å². The van der Waals surface area contributed by atoms with Crippen LogP contribution in [-0.4, -0.2) is 35.5 Å². The lowest BCUT2D eigenvalue weighted by molar-refractivity contribution is -0.121. The fourth-order valence-corrected chi connectivity index (χ4v) is 4.19. The van der Waals surface area contributed by atoms with Crippen molar-refractivity contribution in [2.75, 3.05) is 14.1 Å². The van der Waals surface area contributed by atoms with E-state index in [1.807, 2.05) is 47.9 Å². The van der Waals surface area contributed by atoms with Crippen LogP contribution in [0.5, 0.6) is 0 Å². The zero-order chi connectivity index (χ0) is 24.3. The van der Waals surface area contributed by atoms with E-state index in [-0.39, 0.29) is 17.5 Å². The zero-order valence-corrected chi connectivity index (χ0v) is 21.4. The molecule has 4 nitrogen and oxygen atoms in total. The van der Waals surface area contributed by atoms with Crippen LogP contribution >= 0.6 is 0 Å². The quantitative estimate of drug-likeness (QED) is 0.326. The minimum atomic E-state index is -0.125. The molecule has 4 heteroatoms. The number of carbonyl (C=O) groups is 2. The first kappa shape index (κ1) is 27.5. The summed E-state index contributed by atoms with van der Waals surface area (Å²) in [6.07, 6.45) is 11.2. The molecule has 1 aromatic heterocycles. The zero-order valence-electron chi connectivity index (χ0n) is 21.4. The number of nitrogens with zero attached hydrogens (tertiary/aromatic N) is 2. The Balaban J connectivity index is 0.00000249. The van der Waals surface area contributed by atoms with E-state index in [9.17, 15) is 9.59 Å². The Morgan fingerprint density at radius 3 is 2.44 bits per heavy atom. The lowest BCUT2D eigenvalue weighted by Crippen LogP contribution is -2.25. The number of ketones is 2. The Labute approximate surface area is 195 Å². The summed E-state index contributed by atoms with van der Waals surface area (Å²) in [7, 11) is 4.05. The molecule has 1 unspecified atom stereocenters. The average Bonchev–Trinajstić information content (AvgIpc) is 2.97.